The number of aromatic amines is 2. The Bertz CT molecular complexity index is 3600. The summed E-state index contributed by atoms with van der Waals surface area (Å²) in [5.74, 6) is -2.44. The molecule has 78 heavy (non-hydrogen) atoms. The fraction of sp³-hybridized carbons (Fsp3) is 0.543. The number of phosphoric ester groups is 3. The van der Waals surface area contributed by atoms with Crippen LogP contribution < -0.4 is 32.9 Å². The molecule has 43 heteroatoms. The third-order valence-electron chi connectivity index (χ3n) is 12.3. The number of ether oxygens (including phenoxy) is 3. The summed E-state index contributed by atoms with van der Waals surface area (Å²) in [4.78, 5) is 110. The summed E-state index contributed by atoms with van der Waals surface area (Å²) in [5.41, 5.74) is 15.7. The second kappa shape index (κ2) is 21.5. The molecule has 426 valence electrons. The van der Waals surface area contributed by atoms with Crippen LogP contribution in [0.2, 0.25) is 0 Å². The molecule has 3 aliphatic heterocycles. The van der Waals surface area contributed by atoms with E-state index >= 15 is 0 Å². The molecule has 6 aromatic rings. The minimum absolute atomic E-state index is 0.00353. The highest BCUT2D eigenvalue weighted by molar-refractivity contribution is 7.66. The molecule has 3 fully saturated rings. The van der Waals surface area contributed by atoms with Gasteiger partial charge in [0.1, 0.15) is 54.7 Å². The van der Waals surface area contributed by atoms with Crippen LogP contribution in [0.3, 0.4) is 0 Å². The lowest BCUT2D eigenvalue weighted by atomic mass is 9.94. The summed E-state index contributed by atoms with van der Waals surface area (Å²) in [7, 11) is -19.0. The van der Waals surface area contributed by atoms with Gasteiger partial charge in [0, 0.05) is 32.9 Å². The van der Waals surface area contributed by atoms with Crippen molar-refractivity contribution in [3.8, 4) is 0 Å². The van der Waals surface area contributed by atoms with E-state index in [9.17, 15) is 67.5 Å². The van der Waals surface area contributed by atoms with Crippen molar-refractivity contribution in [2.45, 2.75) is 74.3 Å². The van der Waals surface area contributed by atoms with Crippen LogP contribution in [-0.2, 0) is 71.0 Å². The number of hydrogen-bond acceptors (Lipinski definition) is 28. The van der Waals surface area contributed by atoms with Crippen LogP contribution in [0.4, 0.5) is 17.7 Å². The monoisotopic (exact) mass is 1190 g/mol. The smallest absolute Gasteiger partial charge is 0.387 e. The summed E-state index contributed by atoms with van der Waals surface area (Å²) in [5, 5.41) is 33.1. The second-order valence-corrected chi connectivity index (χ2v) is 23.8. The number of fused-ring (bicyclic) bond motifs is 3. The van der Waals surface area contributed by atoms with E-state index in [1.807, 2.05) is 0 Å². The predicted octanol–water partition coefficient (Wildman–Crippen LogP) is -3.60. The number of phosphoric acid groups is 4. The van der Waals surface area contributed by atoms with E-state index in [0.717, 1.165) is 17.2 Å². The lowest BCUT2D eigenvalue weighted by Gasteiger charge is -2.24. The summed E-state index contributed by atoms with van der Waals surface area (Å²) >= 11 is 0. The lowest BCUT2D eigenvalue weighted by Crippen LogP contribution is -2.45. The molecule has 9 rings (SSSR count). The summed E-state index contributed by atoms with van der Waals surface area (Å²) in [6, 6.07) is 0. The zero-order valence-electron chi connectivity index (χ0n) is 40.3. The standard InChI is InChI=1S/C35H48N16O23P4/c1-47(2)18(52)4-13-15(70-32(23(13)53)51-12-48(3)22-29(51)44-35(38)46-31(22)57)6-67-76(60,61)73-78(64,65)74-77(62,63)68-7-16-14(5-19(69-16)49-10-41-20-26(36)39-9-40-27(20)49)72-75(58,59)66-8-17-24(54)25(55)33(71-17)50-11-42-21-28(50)43-34(37)45-30(21)56/h9-17,19,23-25,32-33,53-55H,4-8H2,1-3H3,(H11-,36,37,38,39,40,43,44,45,46,56,57,58,59,60,61,62,63,64,65)/p+1/t13-,14+,15-,16?,17-,19-,23-,24-,25-,32-,33-/m1/s1. The Morgan fingerprint density at radius 3 is 2.06 bits per heavy atom. The molecule has 0 radical (unpaired) electrons. The highest BCUT2D eigenvalue weighted by Gasteiger charge is 2.52. The quantitative estimate of drug-likeness (QED) is 0.0259. The van der Waals surface area contributed by atoms with E-state index < -0.39 is 148 Å². The number of imidazole rings is 3. The normalized spacial score (nSPS) is 28.7. The van der Waals surface area contributed by atoms with E-state index in [1.165, 1.54) is 52.4 Å². The summed E-state index contributed by atoms with van der Waals surface area (Å²) < 4.78 is 104. The molecule has 15 N–H and O–H groups in total. The van der Waals surface area contributed by atoms with Crippen LogP contribution in [-0.4, -0.2) is 176 Å². The molecular weight excluding hydrogens is 1140 g/mol. The maximum atomic E-state index is 13.5. The second-order valence-electron chi connectivity index (χ2n) is 17.8. The largest absolute Gasteiger partial charge is 0.490 e. The van der Waals surface area contributed by atoms with Gasteiger partial charge >= 0.3 is 36.9 Å². The molecule has 6 aromatic heterocycles. The number of carbonyl (C=O) groups is 1. The van der Waals surface area contributed by atoms with E-state index in [1.54, 1.807) is 0 Å². The van der Waals surface area contributed by atoms with Crippen LogP contribution >= 0.6 is 31.3 Å². The topological polar surface area (TPSA) is 553 Å². The number of nitrogens with one attached hydrogen (secondary N) is 2. The van der Waals surface area contributed by atoms with Crippen LogP contribution in [0.5, 0.6) is 0 Å². The number of carbonyl (C=O) groups excluding carboxylic acids is 1. The third kappa shape index (κ3) is 11.8. The van der Waals surface area contributed by atoms with Gasteiger partial charge in [-0.1, -0.05) is 4.98 Å². The minimum Gasteiger partial charge on any atom is -0.387 e. The van der Waals surface area contributed by atoms with Crippen LogP contribution in [0.1, 0.15) is 31.5 Å². The number of aryl methyl sites for hydroxylation is 1. The maximum Gasteiger partial charge on any atom is 0.490 e. The molecule has 0 bridgehead atoms. The van der Waals surface area contributed by atoms with E-state index in [0.29, 0.717) is 0 Å². The zero-order valence-corrected chi connectivity index (χ0v) is 43.9. The Kier molecular flexibility index (Phi) is 15.7. The number of amides is 1. The minimum atomic E-state index is -6.20. The van der Waals surface area contributed by atoms with Gasteiger partial charge in [-0.25, -0.2) is 42.8 Å². The molecule has 5 unspecified atom stereocenters. The van der Waals surface area contributed by atoms with Crippen molar-refractivity contribution in [1.29, 1.82) is 0 Å². The first-order chi connectivity index (χ1) is 36.5. The van der Waals surface area contributed by atoms with Crippen molar-refractivity contribution >= 4 is 88.4 Å². The summed E-state index contributed by atoms with van der Waals surface area (Å²) in [6.45, 7) is -3.18. The van der Waals surface area contributed by atoms with Crippen molar-refractivity contribution < 1.29 is 103 Å². The van der Waals surface area contributed by atoms with Gasteiger partial charge in [0.05, 0.1) is 45.6 Å². The molecule has 0 aliphatic carbocycles. The lowest BCUT2D eigenvalue weighted by molar-refractivity contribution is -0.745. The number of aliphatic hydroxyl groups is 3. The van der Waals surface area contributed by atoms with E-state index in [2.05, 4.69) is 48.5 Å². The predicted molar refractivity (Wildman–Crippen MR) is 254 cm³/mol. The molecule has 0 spiro atoms. The first kappa shape index (κ1) is 57.1. The maximum absolute atomic E-state index is 13.5. The third-order valence-corrected chi connectivity index (χ3v) is 17.6. The van der Waals surface area contributed by atoms with Crippen molar-refractivity contribution in [2.75, 3.05) is 51.1 Å². The molecule has 3 saturated heterocycles. The molecular formula is C35H49N16O23P4+. The van der Waals surface area contributed by atoms with Gasteiger partial charge in [0.2, 0.25) is 23.6 Å². The molecule has 0 aromatic carbocycles. The van der Waals surface area contributed by atoms with Crippen LogP contribution in [0.15, 0.2) is 34.9 Å². The van der Waals surface area contributed by atoms with Crippen molar-refractivity contribution in [2.24, 2.45) is 13.0 Å². The molecule has 1 amide bonds. The van der Waals surface area contributed by atoms with Gasteiger partial charge in [0.25, 0.3) is 17.1 Å². The van der Waals surface area contributed by atoms with E-state index in [4.69, 9.17) is 49.5 Å². The fourth-order valence-corrected chi connectivity index (χ4v) is 13.2. The Morgan fingerprint density at radius 2 is 1.37 bits per heavy atom. The zero-order chi connectivity index (χ0) is 56.6. The van der Waals surface area contributed by atoms with Gasteiger partial charge < -0.3 is 71.2 Å². The van der Waals surface area contributed by atoms with Crippen molar-refractivity contribution in [1.82, 2.24) is 58.5 Å². The average molecular weight is 1190 g/mol. The number of rotatable bonds is 20. The molecule has 39 nitrogen and oxygen atoms in total. The Labute approximate surface area is 433 Å². The van der Waals surface area contributed by atoms with Crippen LogP contribution in [0, 0.1) is 5.92 Å². The molecule has 15 atom stereocenters. The summed E-state index contributed by atoms with van der Waals surface area (Å²) in [6.07, 6.45) is -11.9. The number of anilines is 3. The highest BCUT2D eigenvalue weighted by atomic mass is 31.3. The first-order valence-electron chi connectivity index (χ1n) is 22.5. The molecule has 0 saturated carbocycles. The number of nitrogens with zero attached hydrogens (tertiary/aromatic N) is 11. The Hall–Kier alpha value is -5.60. The van der Waals surface area contributed by atoms with Gasteiger partial charge in [-0.2, -0.15) is 13.6 Å². The number of hydrogen-bond donors (Lipinski definition) is 12. The SMILES string of the molecule is CN(C)C(=O)C[C@H]1[C@@H](O)[C@H]([n+]2cn(C)c3c(=O)[nH]c(N)nc32)O[C@@H]1COP(=O)(O)OP(=O)(O)OP(=O)(O)OCC1O[C@@H](n2cnc3c(N)ncnc32)C[C@@H]1OP(=O)(O)OC[C@H]1O[C@@H](n2cnc3c(=O)[nH]c(N)nc32)[C@H](O)[C@@H]1O. The molecule has 9 heterocycles. The number of nitrogen functional groups attached to an aromatic ring is 3. The van der Waals surface area contributed by atoms with Crippen molar-refractivity contribution in [3.05, 3.63) is 46.0 Å². The van der Waals surface area contributed by atoms with Gasteiger partial charge in [-0.3, -0.25) is 56.1 Å². The number of H-pyrrole nitrogens is 2. The van der Waals surface area contributed by atoms with Crippen LogP contribution in [0.25, 0.3) is 33.5 Å². The van der Waals surface area contributed by atoms with E-state index in [-0.39, 0.29) is 51.2 Å². The number of aromatic nitrogens is 12. The number of aliphatic hydroxyl groups excluding tert-OH is 3. The first-order valence-corrected chi connectivity index (χ1v) is 28.5. The fourth-order valence-electron chi connectivity index (χ4n) is 8.74. The average Bonchev–Trinajstić information content (AvgIpc) is 4.28. The van der Waals surface area contributed by atoms with Gasteiger partial charge in [-0.15, -0.1) is 0 Å². The van der Waals surface area contributed by atoms with Gasteiger partial charge in [0.15, 0.2) is 35.2 Å². The number of nitrogens with two attached hydrogens (primary N) is 3. The van der Waals surface area contributed by atoms with Crippen molar-refractivity contribution in [3.63, 3.8) is 0 Å². The Balaban J connectivity index is 0.856. The molecule has 3 aliphatic rings. The highest BCUT2D eigenvalue weighted by Crippen LogP contribution is 2.68. The Morgan fingerprint density at radius 1 is 0.756 bits per heavy atom. The van der Waals surface area contributed by atoms with Gasteiger partial charge in [-0.05, 0) is 0 Å².